The number of aromatic hydroxyl groups is 1. The molecule has 8 aromatic carbocycles. The number of rotatable bonds is 7. The van der Waals surface area contributed by atoms with Crippen molar-refractivity contribution in [3.05, 3.63) is 216 Å². The third-order valence-corrected chi connectivity index (χ3v) is 14.5. The summed E-state index contributed by atoms with van der Waals surface area (Å²) in [5.74, 6) is 0.943. The highest BCUT2D eigenvalue weighted by Crippen LogP contribution is 2.51. The van der Waals surface area contributed by atoms with Gasteiger partial charge in [-0.05, 0) is 134 Å². The van der Waals surface area contributed by atoms with Gasteiger partial charge >= 0.3 is 0 Å². The third-order valence-electron chi connectivity index (χ3n) is 14.5. The highest BCUT2D eigenvalue weighted by molar-refractivity contribution is 5.99. The zero-order valence-corrected chi connectivity index (χ0v) is 41.7. The van der Waals surface area contributed by atoms with Crippen LogP contribution in [0.3, 0.4) is 0 Å². The summed E-state index contributed by atoms with van der Waals surface area (Å²) in [7, 11) is 0. The van der Waals surface area contributed by atoms with Gasteiger partial charge < -0.3 is 5.11 Å². The van der Waals surface area contributed by atoms with Crippen molar-refractivity contribution in [2.24, 2.45) is 0 Å². The molecule has 344 valence electrons. The van der Waals surface area contributed by atoms with Crippen LogP contribution in [0.1, 0.15) is 83.2 Å². The zero-order chi connectivity index (χ0) is 48.7. The van der Waals surface area contributed by atoms with Gasteiger partial charge in [0.1, 0.15) is 11.6 Å². The van der Waals surface area contributed by atoms with E-state index in [-0.39, 0.29) is 22.0 Å². The Balaban J connectivity index is 1.16. The maximum Gasteiger partial charge on any atom is 0.149 e. The number of para-hydroxylation sites is 1. The maximum absolute atomic E-state index is 12.6. The van der Waals surface area contributed by atoms with Crippen LogP contribution in [0, 0.1) is 6.92 Å². The van der Waals surface area contributed by atoms with Crippen LogP contribution in [0.15, 0.2) is 188 Å². The summed E-state index contributed by atoms with van der Waals surface area (Å²) in [5.41, 5.74) is 21.8. The number of phenols is 1. The number of pyridine rings is 1. The third kappa shape index (κ3) is 7.72. The van der Waals surface area contributed by atoms with E-state index in [1.54, 1.807) is 0 Å². The Morgan fingerprint density at radius 1 is 0.471 bits per heavy atom. The van der Waals surface area contributed by atoms with E-state index in [4.69, 9.17) is 9.97 Å². The standard InChI is InChI=1S/C66H59N3O/c1-41-28-31-59(52(32-41)44-24-17-12-18-25-44)69-60-27-19-26-50(61(60)68-63(69)54-37-49(64(2,3)4)38-56(62(54)70)65(5,6)7)47-33-46(43-22-15-11-16-23-43)34-48(35-47)58-39-53-51-30-29-45(42-20-13-10-14-21-42)36-55(51)66(8,9)57(53)40-67-58/h10-40,70H,1-9H3. The molecule has 0 bridgehead atoms. The van der Waals surface area contributed by atoms with Crippen molar-refractivity contribution in [1.29, 1.82) is 0 Å². The Morgan fingerprint density at radius 3 is 1.79 bits per heavy atom. The van der Waals surface area contributed by atoms with E-state index in [1.165, 1.54) is 33.4 Å². The molecular formula is C66H59N3O. The predicted molar refractivity (Wildman–Crippen MR) is 293 cm³/mol. The minimum Gasteiger partial charge on any atom is -0.507 e. The van der Waals surface area contributed by atoms with Crippen molar-refractivity contribution < 1.29 is 5.11 Å². The molecule has 4 heteroatoms. The second-order valence-corrected chi connectivity index (χ2v) is 21.8. The van der Waals surface area contributed by atoms with Crippen molar-refractivity contribution in [2.75, 3.05) is 0 Å². The lowest BCUT2D eigenvalue weighted by atomic mass is 9.79. The van der Waals surface area contributed by atoms with Gasteiger partial charge in [0, 0.05) is 33.9 Å². The summed E-state index contributed by atoms with van der Waals surface area (Å²) in [6.07, 6.45) is 2.10. The molecule has 0 saturated heterocycles. The van der Waals surface area contributed by atoms with Crippen molar-refractivity contribution in [1.82, 2.24) is 14.5 Å². The smallest absolute Gasteiger partial charge is 0.149 e. The molecule has 0 spiro atoms. The maximum atomic E-state index is 12.6. The molecule has 2 heterocycles. The van der Waals surface area contributed by atoms with Gasteiger partial charge in [-0.2, -0.15) is 0 Å². The summed E-state index contributed by atoms with van der Waals surface area (Å²) in [6.45, 7) is 20.0. The topological polar surface area (TPSA) is 50.9 Å². The van der Waals surface area contributed by atoms with Gasteiger partial charge in [0.2, 0.25) is 0 Å². The number of phenolic OH excluding ortho intramolecular Hbond substituents is 1. The first-order valence-corrected chi connectivity index (χ1v) is 24.5. The van der Waals surface area contributed by atoms with E-state index in [2.05, 4.69) is 255 Å². The Morgan fingerprint density at radius 2 is 1.11 bits per heavy atom. The number of hydrogen-bond acceptors (Lipinski definition) is 3. The Labute approximate surface area is 413 Å². The first-order valence-electron chi connectivity index (χ1n) is 24.5. The molecule has 10 aromatic rings. The molecule has 0 aliphatic heterocycles. The highest BCUT2D eigenvalue weighted by Gasteiger charge is 2.37. The van der Waals surface area contributed by atoms with Crippen LogP contribution in [0.5, 0.6) is 5.75 Å². The number of imidazole rings is 1. The average molecular weight is 910 g/mol. The molecule has 0 unspecified atom stereocenters. The van der Waals surface area contributed by atoms with Crippen LogP contribution >= 0.6 is 0 Å². The second-order valence-electron chi connectivity index (χ2n) is 21.8. The van der Waals surface area contributed by atoms with Crippen molar-refractivity contribution in [3.63, 3.8) is 0 Å². The quantitative estimate of drug-likeness (QED) is 0.173. The van der Waals surface area contributed by atoms with Gasteiger partial charge in [-0.1, -0.05) is 188 Å². The molecule has 1 aliphatic rings. The van der Waals surface area contributed by atoms with E-state index in [0.717, 1.165) is 78.0 Å². The highest BCUT2D eigenvalue weighted by atomic mass is 16.3. The lowest BCUT2D eigenvalue weighted by Crippen LogP contribution is -2.17. The molecule has 0 radical (unpaired) electrons. The Kier molecular flexibility index (Phi) is 10.7. The molecule has 2 aromatic heterocycles. The fourth-order valence-corrected chi connectivity index (χ4v) is 10.6. The van der Waals surface area contributed by atoms with E-state index in [0.29, 0.717) is 11.4 Å². The SMILES string of the molecule is Cc1ccc(-n2c(-c3cc(C(C)(C)C)cc(C(C)(C)C)c3O)nc3c(-c4cc(-c5ccccc5)cc(-c5cc6c(cn5)C(C)(C)c5cc(-c7ccccc7)ccc5-6)c4)cccc32)c(-c2ccccc2)c1. The number of nitrogens with zero attached hydrogens (tertiary/aromatic N) is 3. The molecule has 0 amide bonds. The normalized spacial score (nSPS) is 13.1. The molecule has 0 saturated carbocycles. The van der Waals surface area contributed by atoms with Gasteiger partial charge in [0.05, 0.1) is 28.0 Å². The van der Waals surface area contributed by atoms with Gasteiger partial charge in [-0.15, -0.1) is 0 Å². The lowest BCUT2D eigenvalue weighted by molar-refractivity contribution is 0.446. The molecule has 1 N–H and O–H groups in total. The first-order chi connectivity index (χ1) is 33.5. The van der Waals surface area contributed by atoms with Gasteiger partial charge in [0.15, 0.2) is 0 Å². The number of benzene rings is 8. The van der Waals surface area contributed by atoms with E-state index in [1.807, 2.05) is 0 Å². The van der Waals surface area contributed by atoms with E-state index in [9.17, 15) is 5.11 Å². The average Bonchev–Trinajstić information content (AvgIpc) is 3.85. The first kappa shape index (κ1) is 44.7. The lowest BCUT2D eigenvalue weighted by Gasteiger charge is -2.27. The van der Waals surface area contributed by atoms with Crippen LogP contribution in [0.25, 0.3) is 95.0 Å². The fourth-order valence-electron chi connectivity index (χ4n) is 10.6. The fraction of sp³-hybridized carbons (Fsp3) is 0.182. The molecule has 70 heavy (non-hydrogen) atoms. The monoisotopic (exact) mass is 909 g/mol. The van der Waals surface area contributed by atoms with Crippen LogP contribution in [-0.2, 0) is 16.2 Å². The van der Waals surface area contributed by atoms with Crippen molar-refractivity contribution >= 4 is 11.0 Å². The van der Waals surface area contributed by atoms with E-state index >= 15 is 0 Å². The van der Waals surface area contributed by atoms with Gasteiger partial charge in [-0.25, -0.2) is 4.98 Å². The molecule has 1 aliphatic carbocycles. The number of hydrogen-bond donors (Lipinski definition) is 1. The summed E-state index contributed by atoms with van der Waals surface area (Å²) in [6, 6.07) is 65.4. The summed E-state index contributed by atoms with van der Waals surface area (Å²) in [4.78, 5) is 11.0. The van der Waals surface area contributed by atoms with Crippen LogP contribution < -0.4 is 0 Å². The van der Waals surface area contributed by atoms with Crippen LogP contribution in [0.4, 0.5) is 0 Å². The Bertz CT molecular complexity index is 3640. The largest absolute Gasteiger partial charge is 0.507 e. The minimum absolute atomic E-state index is 0.188. The molecule has 4 nitrogen and oxygen atoms in total. The van der Waals surface area contributed by atoms with Crippen molar-refractivity contribution in [2.45, 2.75) is 78.6 Å². The number of aromatic nitrogens is 3. The predicted octanol–water partition coefficient (Wildman–Crippen LogP) is 17.3. The summed E-state index contributed by atoms with van der Waals surface area (Å²) in [5, 5.41) is 12.6. The van der Waals surface area contributed by atoms with Crippen LogP contribution in [0.2, 0.25) is 0 Å². The molecule has 11 rings (SSSR count). The number of fused-ring (bicyclic) bond motifs is 4. The summed E-state index contributed by atoms with van der Waals surface area (Å²) >= 11 is 0. The molecule has 0 atom stereocenters. The second kappa shape index (κ2) is 16.7. The zero-order valence-electron chi connectivity index (χ0n) is 41.7. The number of aryl methyl sites for hydroxylation is 1. The van der Waals surface area contributed by atoms with Crippen molar-refractivity contribution in [3.8, 4) is 89.7 Å². The minimum atomic E-state index is -0.329. The van der Waals surface area contributed by atoms with Gasteiger partial charge in [-0.3, -0.25) is 9.55 Å². The van der Waals surface area contributed by atoms with E-state index < -0.39 is 0 Å². The molecule has 0 fully saturated rings. The van der Waals surface area contributed by atoms with Gasteiger partial charge in [0.25, 0.3) is 0 Å². The van der Waals surface area contributed by atoms with Crippen LogP contribution in [-0.4, -0.2) is 19.6 Å². The molecular weight excluding hydrogens is 851 g/mol. The summed E-state index contributed by atoms with van der Waals surface area (Å²) < 4.78 is 2.28. The Hall–Kier alpha value is -7.82.